The number of likely N-dealkylation sites (tertiary alicyclic amines) is 1. The zero-order chi connectivity index (χ0) is 12.8. The fourth-order valence-electron chi connectivity index (χ4n) is 2.19. The van der Waals surface area contributed by atoms with Gasteiger partial charge in [-0.25, -0.2) is 0 Å². The second-order valence-corrected chi connectivity index (χ2v) is 5.08. The van der Waals surface area contributed by atoms with Crippen LogP contribution in [0.25, 0.3) is 0 Å². The number of ether oxygens (including phenoxy) is 1. The minimum absolute atomic E-state index is 0.426. The van der Waals surface area contributed by atoms with E-state index in [0.29, 0.717) is 4.99 Å². The van der Waals surface area contributed by atoms with Gasteiger partial charge in [0.15, 0.2) is 0 Å². The number of hydrogen-bond donors (Lipinski definition) is 1. The summed E-state index contributed by atoms with van der Waals surface area (Å²) in [4.78, 5) is 2.89. The van der Waals surface area contributed by atoms with E-state index in [1.165, 1.54) is 32.4 Å². The minimum atomic E-state index is 0.426. The minimum Gasteiger partial charge on any atom is -0.492 e. The maximum Gasteiger partial charge on any atom is 0.119 e. The lowest BCUT2D eigenvalue weighted by Gasteiger charge is -2.26. The van der Waals surface area contributed by atoms with Crippen molar-refractivity contribution in [3.8, 4) is 5.75 Å². The molecule has 0 atom stereocenters. The van der Waals surface area contributed by atoms with Crippen LogP contribution in [0.5, 0.6) is 5.75 Å². The topological polar surface area (TPSA) is 38.5 Å². The molecule has 1 heterocycles. The molecule has 1 aliphatic heterocycles. The number of piperidine rings is 1. The van der Waals surface area contributed by atoms with Gasteiger partial charge in [-0.05, 0) is 50.2 Å². The zero-order valence-corrected chi connectivity index (χ0v) is 11.4. The van der Waals surface area contributed by atoms with Crippen LogP contribution >= 0.6 is 12.2 Å². The molecule has 4 heteroatoms. The van der Waals surface area contributed by atoms with E-state index >= 15 is 0 Å². The van der Waals surface area contributed by atoms with Crippen molar-refractivity contribution in [2.75, 3.05) is 26.2 Å². The molecule has 0 saturated carbocycles. The van der Waals surface area contributed by atoms with E-state index in [4.69, 9.17) is 22.7 Å². The standard InChI is InChI=1S/C14H20N2OS/c15-14(18)12-4-6-13(7-5-12)17-11-10-16-8-2-1-3-9-16/h4-7H,1-3,8-11H2,(H2,15,18). The van der Waals surface area contributed by atoms with E-state index in [9.17, 15) is 0 Å². The smallest absolute Gasteiger partial charge is 0.119 e. The van der Waals surface area contributed by atoms with E-state index in [0.717, 1.165) is 24.5 Å². The Labute approximate surface area is 114 Å². The number of thiocarbonyl (C=S) groups is 1. The Balaban J connectivity index is 1.74. The van der Waals surface area contributed by atoms with Crippen LogP contribution in [0.15, 0.2) is 24.3 Å². The van der Waals surface area contributed by atoms with Crippen LogP contribution in [0.3, 0.4) is 0 Å². The summed E-state index contributed by atoms with van der Waals surface area (Å²) in [6, 6.07) is 7.65. The van der Waals surface area contributed by atoms with Crippen LogP contribution in [0.1, 0.15) is 24.8 Å². The molecule has 1 aliphatic rings. The molecule has 0 amide bonds. The molecule has 1 aromatic rings. The quantitative estimate of drug-likeness (QED) is 0.827. The molecule has 98 valence electrons. The normalized spacial score (nSPS) is 16.4. The Bertz CT molecular complexity index is 385. The Morgan fingerprint density at radius 1 is 1.17 bits per heavy atom. The molecule has 3 nitrogen and oxygen atoms in total. The molecule has 0 bridgehead atoms. The van der Waals surface area contributed by atoms with Crippen LogP contribution in [-0.2, 0) is 0 Å². The van der Waals surface area contributed by atoms with Gasteiger partial charge in [-0.15, -0.1) is 0 Å². The second kappa shape index (κ2) is 6.71. The maximum absolute atomic E-state index is 5.72. The highest BCUT2D eigenvalue weighted by atomic mass is 32.1. The van der Waals surface area contributed by atoms with E-state index in [1.807, 2.05) is 24.3 Å². The predicted molar refractivity (Wildman–Crippen MR) is 78.1 cm³/mol. The van der Waals surface area contributed by atoms with Crippen molar-refractivity contribution >= 4 is 17.2 Å². The van der Waals surface area contributed by atoms with E-state index in [2.05, 4.69) is 4.90 Å². The summed E-state index contributed by atoms with van der Waals surface area (Å²) < 4.78 is 5.72. The van der Waals surface area contributed by atoms with E-state index < -0.39 is 0 Å². The van der Waals surface area contributed by atoms with Crippen LogP contribution in [0, 0.1) is 0 Å². The Morgan fingerprint density at radius 3 is 2.44 bits per heavy atom. The van der Waals surface area contributed by atoms with Crippen LogP contribution < -0.4 is 10.5 Å². The number of benzene rings is 1. The second-order valence-electron chi connectivity index (χ2n) is 4.64. The average Bonchev–Trinajstić information content (AvgIpc) is 2.40. The molecular weight excluding hydrogens is 244 g/mol. The van der Waals surface area contributed by atoms with Gasteiger partial charge in [-0.2, -0.15) is 0 Å². The Morgan fingerprint density at radius 2 is 1.83 bits per heavy atom. The molecule has 1 saturated heterocycles. The molecule has 1 fully saturated rings. The van der Waals surface area contributed by atoms with Crippen molar-refractivity contribution in [2.45, 2.75) is 19.3 Å². The van der Waals surface area contributed by atoms with Crippen LogP contribution in [-0.4, -0.2) is 36.1 Å². The van der Waals surface area contributed by atoms with E-state index in [-0.39, 0.29) is 0 Å². The highest BCUT2D eigenvalue weighted by Crippen LogP contribution is 2.13. The lowest BCUT2D eigenvalue weighted by atomic mass is 10.1. The highest BCUT2D eigenvalue weighted by molar-refractivity contribution is 7.80. The molecule has 0 radical (unpaired) electrons. The lowest BCUT2D eigenvalue weighted by Crippen LogP contribution is -2.33. The van der Waals surface area contributed by atoms with Crippen molar-refractivity contribution in [1.29, 1.82) is 0 Å². The molecule has 1 aromatic carbocycles. The SMILES string of the molecule is NC(=S)c1ccc(OCCN2CCCCC2)cc1. The molecule has 18 heavy (non-hydrogen) atoms. The summed E-state index contributed by atoms with van der Waals surface area (Å²) >= 11 is 4.91. The summed E-state index contributed by atoms with van der Waals surface area (Å²) in [5.41, 5.74) is 6.43. The largest absolute Gasteiger partial charge is 0.492 e. The molecule has 0 spiro atoms. The summed E-state index contributed by atoms with van der Waals surface area (Å²) in [5.74, 6) is 0.881. The lowest BCUT2D eigenvalue weighted by molar-refractivity contribution is 0.183. The third-order valence-corrected chi connectivity index (χ3v) is 3.50. The summed E-state index contributed by atoms with van der Waals surface area (Å²) in [5, 5.41) is 0. The Kier molecular flexibility index (Phi) is 4.96. The summed E-state index contributed by atoms with van der Waals surface area (Å²) in [6.07, 6.45) is 4.02. The summed E-state index contributed by atoms with van der Waals surface area (Å²) in [7, 11) is 0. The van der Waals surface area contributed by atoms with Gasteiger partial charge >= 0.3 is 0 Å². The first-order valence-electron chi connectivity index (χ1n) is 6.51. The third kappa shape index (κ3) is 3.96. The molecule has 2 rings (SSSR count). The predicted octanol–water partition coefficient (Wildman–Crippen LogP) is 2.19. The summed E-state index contributed by atoms with van der Waals surface area (Å²) in [6.45, 7) is 4.18. The van der Waals surface area contributed by atoms with Crippen LogP contribution in [0.2, 0.25) is 0 Å². The van der Waals surface area contributed by atoms with Crippen molar-refractivity contribution in [3.05, 3.63) is 29.8 Å². The van der Waals surface area contributed by atoms with Crippen LogP contribution in [0.4, 0.5) is 0 Å². The zero-order valence-electron chi connectivity index (χ0n) is 10.6. The van der Waals surface area contributed by atoms with Gasteiger partial charge in [0.1, 0.15) is 17.3 Å². The fourth-order valence-corrected chi connectivity index (χ4v) is 2.33. The van der Waals surface area contributed by atoms with Crippen molar-refractivity contribution in [2.24, 2.45) is 5.73 Å². The van der Waals surface area contributed by atoms with Gasteiger partial charge in [0.05, 0.1) is 0 Å². The van der Waals surface area contributed by atoms with Gasteiger partial charge in [0, 0.05) is 12.1 Å². The number of nitrogens with zero attached hydrogens (tertiary/aromatic N) is 1. The van der Waals surface area contributed by atoms with Gasteiger partial charge < -0.3 is 10.5 Å². The fraction of sp³-hybridized carbons (Fsp3) is 0.500. The average molecular weight is 264 g/mol. The van der Waals surface area contributed by atoms with Gasteiger partial charge in [-0.1, -0.05) is 18.6 Å². The first kappa shape index (κ1) is 13.3. The third-order valence-electron chi connectivity index (χ3n) is 3.26. The van der Waals surface area contributed by atoms with Gasteiger partial charge in [0.25, 0.3) is 0 Å². The van der Waals surface area contributed by atoms with E-state index in [1.54, 1.807) is 0 Å². The number of hydrogen-bond acceptors (Lipinski definition) is 3. The highest BCUT2D eigenvalue weighted by Gasteiger charge is 2.09. The molecule has 0 aliphatic carbocycles. The first-order chi connectivity index (χ1) is 8.75. The van der Waals surface area contributed by atoms with Crippen molar-refractivity contribution in [1.82, 2.24) is 4.90 Å². The van der Waals surface area contributed by atoms with Crippen molar-refractivity contribution < 1.29 is 4.74 Å². The van der Waals surface area contributed by atoms with Gasteiger partial charge in [-0.3, -0.25) is 4.90 Å². The molecular formula is C14H20N2OS. The molecule has 2 N–H and O–H groups in total. The molecule has 0 unspecified atom stereocenters. The first-order valence-corrected chi connectivity index (χ1v) is 6.91. The molecule has 0 aromatic heterocycles. The monoisotopic (exact) mass is 264 g/mol. The number of nitrogens with two attached hydrogens (primary N) is 1. The van der Waals surface area contributed by atoms with Crippen molar-refractivity contribution in [3.63, 3.8) is 0 Å². The number of rotatable bonds is 5. The maximum atomic E-state index is 5.72. The Hall–Kier alpha value is -1.13. The van der Waals surface area contributed by atoms with Gasteiger partial charge in [0.2, 0.25) is 0 Å².